The lowest BCUT2D eigenvalue weighted by molar-refractivity contribution is -0.117. The van der Waals surface area contributed by atoms with Gasteiger partial charge in [0.25, 0.3) is 5.91 Å². The van der Waals surface area contributed by atoms with E-state index in [2.05, 4.69) is 15.3 Å². The number of halogens is 3. The van der Waals surface area contributed by atoms with E-state index in [1.165, 1.54) is 17.4 Å². The molecule has 2 heterocycles. The minimum absolute atomic E-state index is 0.160. The number of nitrogens with zero attached hydrogens (tertiary/aromatic N) is 2. The first-order chi connectivity index (χ1) is 16.2. The van der Waals surface area contributed by atoms with Crippen LogP contribution in [-0.2, 0) is 17.6 Å². The Balaban J connectivity index is 1.64. The molecule has 1 amide bonds. The molecule has 0 saturated carbocycles. The van der Waals surface area contributed by atoms with E-state index in [0.29, 0.717) is 26.3 Å². The molecule has 0 atom stereocenters. The smallest absolute Gasteiger partial charge is 0.268 e. The highest BCUT2D eigenvalue weighted by molar-refractivity contribution is 7.17. The van der Waals surface area contributed by atoms with Crippen molar-refractivity contribution in [3.05, 3.63) is 85.3 Å². The summed E-state index contributed by atoms with van der Waals surface area (Å²) in [7, 11) is 0. The second kappa shape index (κ2) is 10.1. The lowest BCUT2D eigenvalue weighted by Gasteiger charge is -2.05. The number of ketones is 1. The highest BCUT2D eigenvalue weighted by Crippen LogP contribution is 2.35. The van der Waals surface area contributed by atoms with Crippen molar-refractivity contribution in [1.82, 2.24) is 9.97 Å². The summed E-state index contributed by atoms with van der Waals surface area (Å²) in [4.78, 5) is 35.8. The Morgan fingerprint density at radius 1 is 1.00 bits per heavy atom. The summed E-state index contributed by atoms with van der Waals surface area (Å²) in [5.41, 5.74) is 1.38. The quantitative estimate of drug-likeness (QED) is 0.307. The number of amides is 1. The van der Waals surface area contributed by atoms with E-state index in [1.54, 1.807) is 24.3 Å². The largest absolute Gasteiger partial charge is 0.321 e. The molecular formula is C24H18ClF2N3O2S2. The summed E-state index contributed by atoms with van der Waals surface area (Å²) in [5, 5.41) is 4.47. The summed E-state index contributed by atoms with van der Waals surface area (Å²) in [5.74, 6) is -2.36. The third-order valence-electron chi connectivity index (χ3n) is 4.86. The van der Waals surface area contributed by atoms with E-state index in [-0.39, 0.29) is 12.0 Å². The van der Waals surface area contributed by atoms with Crippen LogP contribution in [0, 0.1) is 25.5 Å². The molecule has 2 aromatic heterocycles. The number of hydrogen-bond donors (Lipinski definition) is 1. The fourth-order valence-electron chi connectivity index (χ4n) is 3.38. The van der Waals surface area contributed by atoms with Gasteiger partial charge in [-0.25, -0.2) is 18.7 Å². The van der Waals surface area contributed by atoms with E-state index in [9.17, 15) is 18.4 Å². The van der Waals surface area contributed by atoms with E-state index in [1.807, 2.05) is 13.8 Å². The molecule has 0 unspecified atom stereocenters. The monoisotopic (exact) mass is 517 g/mol. The topological polar surface area (TPSA) is 72.0 Å². The zero-order valence-electron chi connectivity index (χ0n) is 18.1. The molecule has 0 aliphatic rings. The molecule has 0 aliphatic carbocycles. The first-order valence-corrected chi connectivity index (χ1v) is 12.2. The highest BCUT2D eigenvalue weighted by atomic mass is 35.5. The molecule has 0 bridgehead atoms. The van der Waals surface area contributed by atoms with Gasteiger partial charge in [-0.3, -0.25) is 9.59 Å². The van der Waals surface area contributed by atoms with Crippen LogP contribution in [-0.4, -0.2) is 21.7 Å². The number of carbonyl (C=O) groups excluding carboxylic acids is 2. The Morgan fingerprint density at radius 2 is 1.71 bits per heavy atom. The molecule has 10 heteroatoms. The minimum atomic E-state index is -0.773. The number of anilines is 1. The van der Waals surface area contributed by atoms with Gasteiger partial charge in [0, 0.05) is 22.7 Å². The van der Waals surface area contributed by atoms with Gasteiger partial charge in [-0.2, -0.15) is 0 Å². The number of thiazole rings is 2. The van der Waals surface area contributed by atoms with Gasteiger partial charge in [0.05, 0.1) is 22.0 Å². The lowest BCUT2D eigenvalue weighted by atomic mass is 10.1. The number of aromatic nitrogens is 2. The molecule has 0 saturated heterocycles. The van der Waals surface area contributed by atoms with Gasteiger partial charge >= 0.3 is 0 Å². The molecular weight excluding hydrogens is 500 g/mol. The van der Waals surface area contributed by atoms with Crippen LogP contribution in [0.3, 0.4) is 0 Å². The van der Waals surface area contributed by atoms with Gasteiger partial charge < -0.3 is 5.32 Å². The first-order valence-electron chi connectivity index (χ1n) is 10.2. The van der Waals surface area contributed by atoms with Gasteiger partial charge in [0.1, 0.15) is 33.0 Å². The molecule has 0 radical (unpaired) electrons. The number of hydrogen-bond acceptors (Lipinski definition) is 6. The zero-order chi connectivity index (χ0) is 24.4. The highest BCUT2D eigenvalue weighted by Gasteiger charge is 2.24. The van der Waals surface area contributed by atoms with Crippen molar-refractivity contribution >= 4 is 51.7 Å². The predicted octanol–water partition coefficient (Wildman–Crippen LogP) is 6.42. The Hall–Kier alpha value is -3.01. The standard InChI is InChI=1S/C24H18ClF2N3O2S2/c1-12-22(33-13(2)28-12)21-23(24(32)29-15-6-3-5-14(25)9-15)34-20(30-21)11-16(31)10-17-18(26)7-4-8-19(17)27/h3-9H,10-11H2,1-2H3,(H,29,32). The Morgan fingerprint density at radius 3 is 2.35 bits per heavy atom. The normalized spacial score (nSPS) is 11.0. The maximum absolute atomic E-state index is 14.0. The van der Waals surface area contributed by atoms with Crippen LogP contribution in [0.2, 0.25) is 5.02 Å². The number of rotatable bonds is 7. The SMILES string of the molecule is Cc1nc(C)c(-c2nc(CC(=O)Cc3c(F)cccc3F)sc2C(=O)Nc2cccc(Cl)c2)s1. The summed E-state index contributed by atoms with van der Waals surface area (Å²) < 4.78 is 27.9. The summed E-state index contributed by atoms with van der Waals surface area (Å²) in [6.07, 6.45) is -0.567. The van der Waals surface area contributed by atoms with Crippen LogP contribution in [0.4, 0.5) is 14.5 Å². The molecule has 34 heavy (non-hydrogen) atoms. The molecule has 0 fully saturated rings. The molecule has 2 aromatic carbocycles. The van der Waals surface area contributed by atoms with Gasteiger partial charge in [-0.15, -0.1) is 22.7 Å². The fourth-order valence-corrected chi connectivity index (χ4v) is 5.55. The van der Waals surface area contributed by atoms with Crippen molar-refractivity contribution in [2.24, 2.45) is 0 Å². The Labute approximate surface area is 207 Å². The van der Waals surface area contributed by atoms with Crippen LogP contribution in [0.15, 0.2) is 42.5 Å². The number of aryl methyl sites for hydroxylation is 2. The minimum Gasteiger partial charge on any atom is -0.321 e. The molecule has 5 nitrogen and oxygen atoms in total. The Bertz CT molecular complexity index is 1380. The second-order valence-corrected chi connectivity index (χ2v) is 10.2. The predicted molar refractivity (Wildman–Crippen MR) is 131 cm³/mol. The van der Waals surface area contributed by atoms with E-state index >= 15 is 0 Å². The van der Waals surface area contributed by atoms with Gasteiger partial charge in [0.2, 0.25) is 0 Å². The average Bonchev–Trinajstić information content (AvgIpc) is 3.33. The maximum Gasteiger partial charge on any atom is 0.268 e. The maximum atomic E-state index is 14.0. The molecule has 0 aliphatic heterocycles. The summed E-state index contributed by atoms with van der Waals surface area (Å²) in [6, 6.07) is 10.2. The zero-order valence-corrected chi connectivity index (χ0v) is 20.5. The number of Topliss-reactive ketones (excluding diaryl/α,β-unsaturated/α-hetero) is 1. The van der Waals surface area contributed by atoms with E-state index < -0.39 is 29.7 Å². The number of carbonyl (C=O) groups is 2. The molecule has 4 aromatic rings. The summed E-state index contributed by atoms with van der Waals surface area (Å²) >= 11 is 8.48. The fraction of sp³-hybridized carbons (Fsp3) is 0.167. The van der Waals surface area contributed by atoms with Gasteiger partial charge in [-0.1, -0.05) is 23.7 Å². The summed E-state index contributed by atoms with van der Waals surface area (Å²) in [6.45, 7) is 3.68. The van der Waals surface area contributed by atoms with Gasteiger partial charge in [-0.05, 0) is 44.2 Å². The van der Waals surface area contributed by atoms with Crippen LogP contribution >= 0.6 is 34.3 Å². The molecule has 1 N–H and O–H groups in total. The van der Waals surface area contributed by atoms with Crippen LogP contribution in [0.5, 0.6) is 0 Å². The first kappa shape index (κ1) is 24.1. The molecule has 0 spiro atoms. The van der Waals surface area contributed by atoms with E-state index in [4.69, 9.17) is 11.6 Å². The van der Waals surface area contributed by atoms with Crippen molar-refractivity contribution in [3.8, 4) is 10.6 Å². The second-order valence-electron chi connectivity index (χ2n) is 7.49. The van der Waals surface area contributed by atoms with E-state index in [0.717, 1.165) is 39.0 Å². The van der Waals surface area contributed by atoms with Crippen molar-refractivity contribution in [1.29, 1.82) is 0 Å². The van der Waals surface area contributed by atoms with Crippen LogP contribution < -0.4 is 5.32 Å². The third kappa shape index (κ3) is 5.38. The number of nitrogens with one attached hydrogen (secondary N) is 1. The van der Waals surface area contributed by atoms with Crippen molar-refractivity contribution in [2.45, 2.75) is 26.7 Å². The van der Waals surface area contributed by atoms with Crippen molar-refractivity contribution < 1.29 is 18.4 Å². The van der Waals surface area contributed by atoms with Crippen molar-refractivity contribution in [2.75, 3.05) is 5.32 Å². The van der Waals surface area contributed by atoms with Crippen LogP contribution in [0.1, 0.15) is 30.9 Å². The lowest BCUT2D eigenvalue weighted by Crippen LogP contribution is -2.11. The molecule has 174 valence electrons. The number of benzene rings is 2. The average molecular weight is 518 g/mol. The third-order valence-corrected chi connectivity index (χ3v) is 7.23. The van der Waals surface area contributed by atoms with Crippen LogP contribution in [0.25, 0.3) is 10.6 Å². The van der Waals surface area contributed by atoms with Crippen molar-refractivity contribution in [3.63, 3.8) is 0 Å². The molecule has 4 rings (SSSR count). The van der Waals surface area contributed by atoms with Gasteiger partial charge in [0.15, 0.2) is 0 Å². The Kier molecular flexibility index (Phi) is 7.16.